The first-order valence-corrected chi connectivity index (χ1v) is 5.97. The number of ether oxygens (including phenoxy) is 1. The molecule has 0 amide bonds. The van der Waals surface area contributed by atoms with Gasteiger partial charge in [-0.2, -0.15) is 0 Å². The summed E-state index contributed by atoms with van der Waals surface area (Å²) in [4.78, 5) is 13.0. The molecule has 6 heteroatoms. The van der Waals surface area contributed by atoms with E-state index >= 15 is 0 Å². The maximum absolute atomic E-state index is 13.8. The zero-order valence-corrected chi connectivity index (χ0v) is 10.4. The highest BCUT2D eigenvalue weighted by atomic mass is 35.5. The van der Waals surface area contributed by atoms with Crippen LogP contribution in [-0.2, 0) is 9.53 Å². The van der Waals surface area contributed by atoms with Gasteiger partial charge in [-0.15, -0.1) is 0 Å². The van der Waals surface area contributed by atoms with Crippen molar-refractivity contribution >= 4 is 17.6 Å². The van der Waals surface area contributed by atoms with Crippen LogP contribution >= 0.6 is 11.6 Å². The summed E-state index contributed by atoms with van der Waals surface area (Å²) >= 11 is 5.67. The summed E-state index contributed by atoms with van der Waals surface area (Å²) in [5.74, 6) is -1.67. The van der Waals surface area contributed by atoms with Gasteiger partial charge in [0.25, 0.3) is 0 Å². The fourth-order valence-corrected chi connectivity index (χ4v) is 2.20. The fraction of sp³-hybridized carbons (Fsp3) is 0.417. The van der Waals surface area contributed by atoms with E-state index in [0.717, 1.165) is 6.07 Å². The topological polar surface area (TPSA) is 49.8 Å². The molecule has 1 fully saturated rings. The number of halogens is 2. The number of aliphatic carboxylic acids is 1. The Bertz CT molecular complexity index is 449. The molecule has 0 aliphatic carbocycles. The summed E-state index contributed by atoms with van der Waals surface area (Å²) in [6.07, 6.45) is 0. The quantitative estimate of drug-likeness (QED) is 0.914. The van der Waals surface area contributed by atoms with Crippen LogP contribution in [0.4, 0.5) is 4.39 Å². The van der Waals surface area contributed by atoms with Crippen LogP contribution in [0.5, 0.6) is 0 Å². The molecule has 1 aromatic carbocycles. The third-order valence-electron chi connectivity index (χ3n) is 2.90. The molecule has 0 spiro atoms. The first-order chi connectivity index (χ1) is 8.59. The van der Waals surface area contributed by atoms with Crippen molar-refractivity contribution < 1.29 is 19.0 Å². The van der Waals surface area contributed by atoms with E-state index in [2.05, 4.69) is 0 Å². The van der Waals surface area contributed by atoms with Crippen molar-refractivity contribution in [3.05, 3.63) is 34.6 Å². The minimum Gasteiger partial charge on any atom is -0.480 e. The summed E-state index contributed by atoms with van der Waals surface area (Å²) in [5.41, 5.74) is 0.133. The van der Waals surface area contributed by atoms with Gasteiger partial charge in [0, 0.05) is 23.7 Å². The van der Waals surface area contributed by atoms with Crippen molar-refractivity contribution in [3.8, 4) is 0 Å². The Morgan fingerprint density at radius 3 is 2.67 bits per heavy atom. The van der Waals surface area contributed by atoms with Crippen LogP contribution in [0.25, 0.3) is 0 Å². The molecule has 1 saturated heterocycles. The van der Waals surface area contributed by atoms with E-state index < -0.39 is 17.8 Å². The number of morpholine rings is 1. The molecule has 0 saturated carbocycles. The number of hydrogen-bond donors (Lipinski definition) is 1. The molecule has 1 aromatic rings. The maximum Gasteiger partial charge on any atom is 0.325 e. The number of benzene rings is 1. The number of rotatable bonds is 3. The molecule has 1 aliphatic heterocycles. The van der Waals surface area contributed by atoms with Crippen LogP contribution < -0.4 is 0 Å². The molecule has 1 N–H and O–H groups in total. The van der Waals surface area contributed by atoms with Gasteiger partial charge in [-0.05, 0) is 12.1 Å². The molecule has 98 valence electrons. The zero-order valence-electron chi connectivity index (χ0n) is 9.60. The Morgan fingerprint density at radius 2 is 2.11 bits per heavy atom. The monoisotopic (exact) mass is 273 g/mol. The van der Waals surface area contributed by atoms with E-state index in [4.69, 9.17) is 16.3 Å². The molecule has 4 nitrogen and oxygen atoms in total. The minimum atomic E-state index is -1.07. The highest BCUT2D eigenvalue weighted by Crippen LogP contribution is 2.26. The molecule has 1 atom stereocenters. The lowest BCUT2D eigenvalue weighted by atomic mass is 10.0. The Morgan fingerprint density at radius 1 is 1.44 bits per heavy atom. The molecule has 0 bridgehead atoms. The summed E-state index contributed by atoms with van der Waals surface area (Å²) in [6, 6.07) is 3.06. The SMILES string of the molecule is O=C(O)C(c1ccc(Cl)cc1F)N1CCOCC1. The predicted octanol–water partition coefficient (Wildman–Crippen LogP) is 1.94. The Kier molecular flexibility index (Phi) is 4.16. The second kappa shape index (κ2) is 5.65. The van der Waals surface area contributed by atoms with Gasteiger partial charge >= 0.3 is 5.97 Å². The summed E-state index contributed by atoms with van der Waals surface area (Å²) in [6.45, 7) is 1.86. The average Bonchev–Trinajstić information content (AvgIpc) is 2.33. The van der Waals surface area contributed by atoms with Crippen molar-refractivity contribution in [2.45, 2.75) is 6.04 Å². The summed E-state index contributed by atoms with van der Waals surface area (Å²) in [5, 5.41) is 9.54. The van der Waals surface area contributed by atoms with Gasteiger partial charge in [-0.25, -0.2) is 4.39 Å². The number of nitrogens with zero attached hydrogens (tertiary/aromatic N) is 1. The van der Waals surface area contributed by atoms with Crippen LogP contribution in [0.2, 0.25) is 5.02 Å². The van der Waals surface area contributed by atoms with Gasteiger partial charge in [0.05, 0.1) is 13.2 Å². The molecule has 1 heterocycles. The largest absolute Gasteiger partial charge is 0.480 e. The van der Waals surface area contributed by atoms with E-state index in [0.29, 0.717) is 26.3 Å². The third-order valence-corrected chi connectivity index (χ3v) is 3.14. The molecule has 18 heavy (non-hydrogen) atoms. The first-order valence-electron chi connectivity index (χ1n) is 5.59. The van der Waals surface area contributed by atoms with Crippen molar-refractivity contribution in [2.24, 2.45) is 0 Å². The van der Waals surface area contributed by atoms with E-state index in [9.17, 15) is 14.3 Å². The van der Waals surface area contributed by atoms with E-state index in [1.165, 1.54) is 12.1 Å². The second-order valence-corrected chi connectivity index (χ2v) is 4.49. The molecule has 0 radical (unpaired) electrons. The Hall–Kier alpha value is -1.17. The van der Waals surface area contributed by atoms with Crippen LogP contribution in [0.15, 0.2) is 18.2 Å². The Balaban J connectivity index is 2.31. The van der Waals surface area contributed by atoms with Gasteiger partial charge < -0.3 is 9.84 Å². The van der Waals surface area contributed by atoms with Gasteiger partial charge in [-0.3, -0.25) is 9.69 Å². The zero-order chi connectivity index (χ0) is 13.1. The van der Waals surface area contributed by atoms with Crippen LogP contribution in [0.3, 0.4) is 0 Å². The third kappa shape index (κ3) is 2.80. The van der Waals surface area contributed by atoms with E-state index in [-0.39, 0.29) is 10.6 Å². The van der Waals surface area contributed by atoms with Gasteiger partial charge in [0.1, 0.15) is 11.9 Å². The van der Waals surface area contributed by atoms with Gasteiger partial charge in [0.2, 0.25) is 0 Å². The molecule has 0 aromatic heterocycles. The summed E-state index contributed by atoms with van der Waals surface area (Å²) in [7, 11) is 0. The van der Waals surface area contributed by atoms with E-state index in [1.807, 2.05) is 0 Å². The molecular formula is C12H13ClFNO3. The standard InChI is InChI=1S/C12H13ClFNO3/c13-8-1-2-9(10(14)7-8)11(12(16)17)15-3-5-18-6-4-15/h1-2,7,11H,3-6H2,(H,16,17). The molecule has 2 rings (SSSR count). The lowest BCUT2D eigenvalue weighted by molar-refractivity contribution is -0.145. The van der Waals surface area contributed by atoms with Crippen LogP contribution in [-0.4, -0.2) is 42.3 Å². The highest BCUT2D eigenvalue weighted by molar-refractivity contribution is 6.30. The molecule has 1 aliphatic rings. The van der Waals surface area contributed by atoms with Crippen molar-refractivity contribution in [3.63, 3.8) is 0 Å². The number of carboxylic acids is 1. The molecular weight excluding hydrogens is 261 g/mol. The van der Waals surface area contributed by atoms with Gasteiger partial charge in [0.15, 0.2) is 0 Å². The average molecular weight is 274 g/mol. The number of carboxylic acid groups (broad SMARTS) is 1. The minimum absolute atomic E-state index is 0.133. The summed E-state index contributed by atoms with van der Waals surface area (Å²) < 4.78 is 19.0. The van der Waals surface area contributed by atoms with Crippen molar-refractivity contribution in [2.75, 3.05) is 26.3 Å². The maximum atomic E-state index is 13.8. The van der Waals surface area contributed by atoms with Gasteiger partial charge in [-0.1, -0.05) is 17.7 Å². The first kappa shape index (κ1) is 13.3. The number of hydrogen-bond acceptors (Lipinski definition) is 3. The van der Waals surface area contributed by atoms with Crippen molar-refractivity contribution in [1.82, 2.24) is 4.90 Å². The highest BCUT2D eigenvalue weighted by Gasteiger charge is 2.30. The number of carbonyl (C=O) groups is 1. The fourth-order valence-electron chi connectivity index (χ4n) is 2.04. The lowest BCUT2D eigenvalue weighted by Crippen LogP contribution is -2.42. The van der Waals surface area contributed by atoms with Crippen LogP contribution in [0, 0.1) is 5.82 Å². The lowest BCUT2D eigenvalue weighted by Gasteiger charge is -2.32. The van der Waals surface area contributed by atoms with E-state index in [1.54, 1.807) is 4.90 Å². The normalized spacial score (nSPS) is 18.6. The van der Waals surface area contributed by atoms with Crippen LogP contribution in [0.1, 0.15) is 11.6 Å². The Labute approximate surface area is 109 Å². The second-order valence-electron chi connectivity index (χ2n) is 4.05. The smallest absolute Gasteiger partial charge is 0.325 e. The predicted molar refractivity (Wildman–Crippen MR) is 64.2 cm³/mol. The molecule has 1 unspecified atom stereocenters. The van der Waals surface area contributed by atoms with Crippen molar-refractivity contribution in [1.29, 1.82) is 0 Å².